The Kier molecular flexibility index (Phi) is 1.34. The number of nitrogens with zero attached hydrogens (tertiary/aromatic N) is 2. The summed E-state index contributed by atoms with van der Waals surface area (Å²) in [6.45, 7) is 1.18. The van der Waals surface area contributed by atoms with Crippen molar-refractivity contribution in [1.82, 2.24) is 4.98 Å². The summed E-state index contributed by atoms with van der Waals surface area (Å²) < 4.78 is 5.14. The fourth-order valence-electron chi connectivity index (χ4n) is 1.11. The van der Waals surface area contributed by atoms with Crippen molar-refractivity contribution in [3.05, 3.63) is 29.1 Å². The minimum absolute atomic E-state index is 0.584. The summed E-state index contributed by atoms with van der Waals surface area (Å²) in [6.07, 6.45) is 1.58. The van der Waals surface area contributed by atoms with Crippen LogP contribution in [0.2, 0.25) is 0 Å². The fraction of sp³-hybridized carbons (Fsp3) is 0.250. The molecule has 1 aliphatic rings. The van der Waals surface area contributed by atoms with Gasteiger partial charge in [0.1, 0.15) is 6.07 Å². The van der Waals surface area contributed by atoms with Crippen LogP contribution in [0.1, 0.15) is 16.8 Å². The van der Waals surface area contributed by atoms with Crippen LogP contribution in [-0.2, 0) is 18.0 Å². The second-order valence-corrected chi connectivity index (χ2v) is 2.43. The van der Waals surface area contributed by atoms with Crippen molar-refractivity contribution in [2.75, 3.05) is 0 Å². The van der Waals surface area contributed by atoms with Gasteiger partial charge < -0.3 is 4.74 Å². The van der Waals surface area contributed by atoms with Crippen molar-refractivity contribution >= 4 is 0 Å². The predicted molar refractivity (Wildman–Crippen MR) is 37.4 cm³/mol. The van der Waals surface area contributed by atoms with Crippen LogP contribution in [0.3, 0.4) is 0 Å². The zero-order valence-electron chi connectivity index (χ0n) is 5.87. The third-order valence-corrected chi connectivity index (χ3v) is 1.69. The Balaban J connectivity index is 2.51. The van der Waals surface area contributed by atoms with Gasteiger partial charge in [-0.15, -0.1) is 0 Å². The van der Waals surface area contributed by atoms with Gasteiger partial charge >= 0.3 is 0 Å². The summed E-state index contributed by atoms with van der Waals surface area (Å²) in [7, 11) is 0. The summed E-state index contributed by atoms with van der Waals surface area (Å²) >= 11 is 0. The number of nitriles is 1. The first-order valence-electron chi connectivity index (χ1n) is 3.36. The molecule has 0 saturated carbocycles. The van der Waals surface area contributed by atoms with Crippen LogP contribution in [0, 0.1) is 11.3 Å². The van der Waals surface area contributed by atoms with Gasteiger partial charge in [-0.25, -0.2) is 0 Å². The van der Waals surface area contributed by atoms with Crippen LogP contribution in [0.15, 0.2) is 12.3 Å². The first-order chi connectivity index (χ1) is 5.40. The number of hydrogen-bond acceptors (Lipinski definition) is 3. The Labute approximate surface area is 64.2 Å². The van der Waals surface area contributed by atoms with Gasteiger partial charge in [-0.3, -0.25) is 4.98 Å². The molecule has 0 aromatic carbocycles. The third kappa shape index (κ3) is 0.975. The van der Waals surface area contributed by atoms with Crippen LogP contribution in [0.25, 0.3) is 0 Å². The second kappa shape index (κ2) is 2.33. The van der Waals surface area contributed by atoms with Crippen LogP contribution in [0.5, 0.6) is 0 Å². The lowest BCUT2D eigenvalue weighted by Crippen LogP contribution is -1.88. The lowest BCUT2D eigenvalue weighted by Gasteiger charge is -1.93. The van der Waals surface area contributed by atoms with Crippen molar-refractivity contribution in [3.8, 4) is 6.07 Å². The number of aromatic nitrogens is 1. The second-order valence-electron chi connectivity index (χ2n) is 2.43. The fourth-order valence-corrected chi connectivity index (χ4v) is 1.11. The highest BCUT2D eigenvalue weighted by Gasteiger charge is 2.12. The molecule has 0 N–H and O–H groups in total. The maximum absolute atomic E-state index is 8.54. The summed E-state index contributed by atoms with van der Waals surface area (Å²) in [4.78, 5) is 4.08. The molecule has 54 valence electrons. The topological polar surface area (TPSA) is 45.9 Å². The largest absolute Gasteiger partial charge is 0.370 e. The molecule has 0 spiro atoms. The molecule has 3 heteroatoms. The molecule has 0 bridgehead atoms. The molecule has 0 atom stereocenters. The SMILES string of the molecule is N#Cc1cnc2c(c1)COC2. The van der Waals surface area contributed by atoms with Crippen LogP contribution < -0.4 is 0 Å². The number of hydrogen-bond donors (Lipinski definition) is 0. The highest BCUT2D eigenvalue weighted by molar-refractivity contribution is 5.33. The molecule has 1 aromatic rings. The molecule has 1 aromatic heterocycles. The van der Waals surface area contributed by atoms with Gasteiger partial charge in [0.2, 0.25) is 0 Å². The zero-order valence-corrected chi connectivity index (χ0v) is 5.87. The standard InChI is InChI=1S/C8H6N2O/c9-2-6-1-7-4-11-5-8(7)10-3-6/h1,3H,4-5H2. The van der Waals surface area contributed by atoms with Gasteiger partial charge in [-0.2, -0.15) is 5.26 Å². The molecule has 0 aliphatic carbocycles. The quantitative estimate of drug-likeness (QED) is 0.548. The number of fused-ring (bicyclic) bond motifs is 1. The number of rotatable bonds is 0. The van der Waals surface area contributed by atoms with Crippen molar-refractivity contribution in [3.63, 3.8) is 0 Å². The summed E-state index contributed by atoms with van der Waals surface area (Å²) in [6, 6.07) is 3.87. The van der Waals surface area contributed by atoms with E-state index in [0.29, 0.717) is 18.8 Å². The van der Waals surface area contributed by atoms with Crippen molar-refractivity contribution in [2.45, 2.75) is 13.2 Å². The van der Waals surface area contributed by atoms with E-state index in [-0.39, 0.29) is 0 Å². The molecule has 3 nitrogen and oxygen atoms in total. The molecule has 1 aliphatic heterocycles. The maximum atomic E-state index is 8.54. The van der Waals surface area contributed by atoms with Gasteiger partial charge in [-0.1, -0.05) is 0 Å². The van der Waals surface area contributed by atoms with E-state index in [9.17, 15) is 0 Å². The smallest absolute Gasteiger partial charge is 0.101 e. The Morgan fingerprint density at radius 3 is 3.27 bits per heavy atom. The van der Waals surface area contributed by atoms with E-state index >= 15 is 0 Å². The molecule has 2 heterocycles. The minimum atomic E-state index is 0.584. The zero-order chi connectivity index (χ0) is 7.68. The number of pyridine rings is 1. The van der Waals surface area contributed by atoms with Gasteiger partial charge in [0.05, 0.1) is 24.5 Å². The lowest BCUT2D eigenvalue weighted by molar-refractivity contribution is 0.133. The van der Waals surface area contributed by atoms with Crippen LogP contribution in [0.4, 0.5) is 0 Å². The highest BCUT2D eigenvalue weighted by Crippen LogP contribution is 2.17. The molecule has 2 rings (SSSR count). The average molecular weight is 146 g/mol. The number of ether oxygens (including phenoxy) is 1. The Hall–Kier alpha value is -1.40. The van der Waals surface area contributed by atoms with Crippen molar-refractivity contribution in [1.29, 1.82) is 5.26 Å². The van der Waals surface area contributed by atoms with E-state index in [2.05, 4.69) is 4.98 Å². The Bertz CT molecular complexity index is 327. The van der Waals surface area contributed by atoms with Gasteiger partial charge in [0, 0.05) is 11.8 Å². The van der Waals surface area contributed by atoms with E-state index in [1.807, 2.05) is 12.1 Å². The minimum Gasteiger partial charge on any atom is -0.370 e. The van der Waals surface area contributed by atoms with E-state index in [1.54, 1.807) is 6.20 Å². The molecule has 0 fully saturated rings. The molecule has 0 radical (unpaired) electrons. The van der Waals surface area contributed by atoms with Gasteiger partial charge in [-0.05, 0) is 6.07 Å². The highest BCUT2D eigenvalue weighted by atomic mass is 16.5. The lowest BCUT2D eigenvalue weighted by atomic mass is 10.2. The molecular weight excluding hydrogens is 140 g/mol. The van der Waals surface area contributed by atoms with E-state index in [0.717, 1.165) is 11.3 Å². The van der Waals surface area contributed by atoms with Crippen LogP contribution in [-0.4, -0.2) is 4.98 Å². The Morgan fingerprint density at radius 2 is 2.45 bits per heavy atom. The first kappa shape index (κ1) is 6.32. The van der Waals surface area contributed by atoms with E-state index in [4.69, 9.17) is 10.00 Å². The van der Waals surface area contributed by atoms with E-state index < -0.39 is 0 Å². The van der Waals surface area contributed by atoms with Crippen molar-refractivity contribution < 1.29 is 4.74 Å². The molecular formula is C8H6N2O. The van der Waals surface area contributed by atoms with E-state index in [1.165, 1.54) is 0 Å². The average Bonchev–Trinajstić information content (AvgIpc) is 2.50. The summed E-state index contributed by atoms with van der Waals surface area (Å²) in [5, 5.41) is 8.54. The van der Waals surface area contributed by atoms with Gasteiger partial charge in [0.15, 0.2) is 0 Å². The summed E-state index contributed by atoms with van der Waals surface area (Å²) in [5.74, 6) is 0. The molecule has 11 heavy (non-hydrogen) atoms. The van der Waals surface area contributed by atoms with Crippen molar-refractivity contribution in [2.24, 2.45) is 0 Å². The normalized spacial score (nSPS) is 14.1. The molecule has 0 amide bonds. The summed E-state index contributed by atoms with van der Waals surface area (Å²) in [5.41, 5.74) is 2.61. The Morgan fingerprint density at radius 1 is 1.55 bits per heavy atom. The predicted octanol–water partition coefficient (Wildman–Crippen LogP) is 0.983. The molecule has 0 unspecified atom stereocenters. The third-order valence-electron chi connectivity index (χ3n) is 1.69. The monoisotopic (exact) mass is 146 g/mol. The first-order valence-corrected chi connectivity index (χ1v) is 3.36. The van der Waals surface area contributed by atoms with Crippen LogP contribution >= 0.6 is 0 Å². The van der Waals surface area contributed by atoms with Gasteiger partial charge in [0.25, 0.3) is 0 Å². The maximum Gasteiger partial charge on any atom is 0.101 e. The molecule has 0 saturated heterocycles.